The average molecular weight is 342 g/mol. The minimum atomic E-state index is -0.875. The van der Waals surface area contributed by atoms with Crippen molar-refractivity contribution in [1.29, 1.82) is 0 Å². The van der Waals surface area contributed by atoms with E-state index in [1.165, 1.54) is 12.5 Å². The van der Waals surface area contributed by atoms with Gasteiger partial charge in [0, 0.05) is 20.0 Å². The fraction of sp³-hybridized carbons (Fsp3) is 0.500. The van der Waals surface area contributed by atoms with Gasteiger partial charge in [0.15, 0.2) is 0 Å². The quantitative estimate of drug-likeness (QED) is 0.913. The Hall–Kier alpha value is -2.14. The lowest BCUT2D eigenvalue weighted by Gasteiger charge is -2.38. The molecule has 0 radical (unpaired) electrons. The number of piperidine rings is 1. The number of likely N-dealkylation sites (tertiary alicyclic amines) is 2. The standard InChI is InChI=1S/C20H26N2O3/c1-16(23)22-15-20(14-18(22)19(24)25)9-12-21(13-10-20)11-5-8-17-6-3-2-4-7-17/h2-8,18H,9-15H2,1H3,(H,24,25)/b8-5+/t18-/m0/s1. The zero-order valence-electron chi connectivity index (χ0n) is 14.7. The van der Waals surface area contributed by atoms with Crippen LogP contribution in [-0.2, 0) is 9.59 Å². The maximum Gasteiger partial charge on any atom is 0.326 e. The van der Waals surface area contributed by atoms with Crippen molar-refractivity contribution in [3.8, 4) is 0 Å². The van der Waals surface area contributed by atoms with Crippen molar-refractivity contribution in [3.05, 3.63) is 42.0 Å². The first-order valence-corrected chi connectivity index (χ1v) is 8.93. The van der Waals surface area contributed by atoms with E-state index in [-0.39, 0.29) is 11.3 Å². The normalized spacial score (nSPS) is 23.4. The number of amides is 1. The molecule has 134 valence electrons. The van der Waals surface area contributed by atoms with Crippen molar-refractivity contribution in [2.45, 2.75) is 32.2 Å². The molecule has 0 aromatic heterocycles. The first-order chi connectivity index (χ1) is 12.0. The van der Waals surface area contributed by atoms with Crippen molar-refractivity contribution in [2.75, 3.05) is 26.2 Å². The number of aliphatic carboxylic acids is 1. The Labute approximate surface area is 148 Å². The van der Waals surface area contributed by atoms with Gasteiger partial charge in [0.25, 0.3) is 0 Å². The molecular weight excluding hydrogens is 316 g/mol. The molecule has 1 aromatic carbocycles. The first kappa shape index (κ1) is 17.7. The predicted molar refractivity (Wildman–Crippen MR) is 97.0 cm³/mol. The van der Waals surface area contributed by atoms with E-state index in [0.717, 1.165) is 32.5 Å². The molecule has 2 aliphatic heterocycles. The lowest BCUT2D eigenvalue weighted by atomic mass is 9.76. The zero-order chi connectivity index (χ0) is 17.9. The van der Waals surface area contributed by atoms with Gasteiger partial charge in [0.05, 0.1) is 0 Å². The summed E-state index contributed by atoms with van der Waals surface area (Å²) in [5, 5.41) is 9.41. The molecule has 2 heterocycles. The molecule has 1 atom stereocenters. The molecule has 1 N–H and O–H groups in total. The number of carbonyl (C=O) groups excluding carboxylic acids is 1. The number of nitrogens with zero attached hydrogens (tertiary/aromatic N) is 2. The highest BCUT2D eigenvalue weighted by Gasteiger charge is 2.48. The van der Waals surface area contributed by atoms with Crippen LogP contribution in [0.1, 0.15) is 31.7 Å². The molecule has 1 amide bonds. The van der Waals surface area contributed by atoms with Crippen molar-refractivity contribution < 1.29 is 14.7 Å². The first-order valence-electron chi connectivity index (χ1n) is 8.93. The fourth-order valence-corrected chi connectivity index (χ4v) is 4.08. The molecule has 1 spiro atoms. The van der Waals surface area contributed by atoms with Crippen molar-refractivity contribution in [3.63, 3.8) is 0 Å². The van der Waals surface area contributed by atoms with Crippen LogP contribution in [0, 0.1) is 5.41 Å². The summed E-state index contributed by atoms with van der Waals surface area (Å²) in [7, 11) is 0. The molecule has 5 nitrogen and oxygen atoms in total. The second-order valence-electron chi connectivity index (χ2n) is 7.32. The smallest absolute Gasteiger partial charge is 0.326 e. The van der Waals surface area contributed by atoms with E-state index in [4.69, 9.17) is 0 Å². The minimum absolute atomic E-state index is 0.0195. The Kier molecular flexibility index (Phi) is 5.23. The number of carboxylic acids is 1. The lowest BCUT2D eigenvalue weighted by molar-refractivity contribution is -0.147. The maximum absolute atomic E-state index is 11.8. The predicted octanol–water partition coefficient (Wildman–Crippen LogP) is 2.49. The van der Waals surface area contributed by atoms with Crippen LogP contribution >= 0.6 is 0 Å². The number of benzene rings is 1. The van der Waals surface area contributed by atoms with Crippen LogP contribution in [0.3, 0.4) is 0 Å². The van der Waals surface area contributed by atoms with Crippen molar-refractivity contribution >= 4 is 18.0 Å². The molecule has 0 aliphatic carbocycles. The maximum atomic E-state index is 11.8. The molecule has 25 heavy (non-hydrogen) atoms. The zero-order valence-corrected chi connectivity index (χ0v) is 14.7. The minimum Gasteiger partial charge on any atom is -0.480 e. The van der Waals surface area contributed by atoms with Crippen LogP contribution in [-0.4, -0.2) is 59.0 Å². The third-order valence-electron chi connectivity index (χ3n) is 5.59. The summed E-state index contributed by atoms with van der Waals surface area (Å²) in [5.74, 6) is -1.00. The summed E-state index contributed by atoms with van der Waals surface area (Å²) in [5.41, 5.74) is 1.18. The van der Waals surface area contributed by atoms with E-state index in [1.807, 2.05) is 18.2 Å². The van der Waals surface area contributed by atoms with Gasteiger partial charge in [-0.15, -0.1) is 0 Å². The van der Waals surface area contributed by atoms with E-state index in [1.54, 1.807) is 4.90 Å². The van der Waals surface area contributed by atoms with Crippen LogP contribution in [0.5, 0.6) is 0 Å². The van der Waals surface area contributed by atoms with Gasteiger partial charge < -0.3 is 10.0 Å². The van der Waals surface area contributed by atoms with E-state index in [9.17, 15) is 14.7 Å². The Bertz CT molecular complexity index is 624. The van der Waals surface area contributed by atoms with Crippen LogP contribution in [0.15, 0.2) is 36.4 Å². The third-order valence-corrected chi connectivity index (χ3v) is 5.59. The molecule has 2 aliphatic rings. The summed E-state index contributed by atoms with van der Waals surface area (Å²) < 4.78 is 0. The highest BCUT2D eigenvalue weighted by Crippen LogP contribution is 2.43. The molecule has 0 bridgehead atoms. The Balaban J connectivity index is 1.54. The van der Waals surface area contributed by atoms with E-state index in [2.05, 4.69) is 29.2 Å². The highest BCUT2D eigenvalue weighted by atomic mass is 16.4. The van der Waals surface area contributed by atoms with Crippen LogP contribution in [0.25, 0.3) is 6.08 Å². The molecule has 2 fully saturated rings. The summed E-state index contributed by atoms with van der Waals surface area (Å²) >= 11 is 0. The van der Waals surface area contributed by atoms with Crippen LogP contribution < -0.4 is 0 Å². The van der Waals surface area contributed by atoms with E-state index in [0.29, 0.717) is 13.0 Å². The van der Waals surface area contributed by atoms with Gasteiger partial charge in [-0.3, -0.25) is 9.69 Å². The van der Waals surface area contributed by atoms with E-state index >= 15 is 0 Å². The Morgan fingerprint density at radius 1 is 1.24 bits per heavy atom. The number of hydrogen-bond acceptors (Lipinski definition) is 3. The van der Waals surface area contributed by atoms with E-state index < -0.39 is 12.0 Å². The largest absolute Gasteiger partial charge is 0.480 e. The van der Waals surface area contributed by atoms with Gasteiger partial charge in [-0.1, -0.05) is 42.5 Å². The fourth-order valence-electron chi connectivity index (χ4n) is 4.08. The molecule has 5 heteroatoms. The number of rotatable bonds is 4. The molecule has 1 aromatic rings. The summed E-state index contributed by atoms with van der Waals surface area (Å²) in [6.45, 7) is 4.88. The van der Waals surface area contributed by atoms with Gasteiger partial charge >= 0.3 is 5.97 Å². The van der Waals surface area contributed by atoms with Gasteiger partial charge in [0.2, 0.25) is 5.91 Å². The average Bonchev–Trinajstić information content (AvgIpc) is 2.98. The topological polar surface area (TPSA) is 60.9 Å². The second-order valence-corrected chi connectivity index (χ2v) is 7.32. The van der Waals surface area contributed by atoms with Gasteiger partial charge in [-0.2, -0.15) is 0 Å². The molecule has 0 unspecified atom stereocenters. The van der Waals surface area contributed by atoms with Gasteiger partial charge in [-0.05, 0) is 43.3 Å². The van der Waals surface area contributed by atoms with Crippen molar-refractivity contribution in [1.82, 2.24) is 9.80 Å². The van der Waals surface area contributed by atoms with Gasteiger partial charge in [-0.25, -0.2) is 4.79 Å². The monoisotopic (exact) mass is 342 g/mol. The lowest BCUT2D eigenvalue weighted by Crippen LogP contribution is -2.42. The molecule has 0 saturated carbocycles. The SMILES string of the molecule is CC(=O)N1CC2(CCN(C/C=C/c3ccccc3)CC2)C[C@H]1C(=O)O. The summed E-state index contributed by atoms with van der Waals surface area (Å²) in [6, 6.07) is 9.60. The number of carboxylic acid groups (broad SMARTS) is 1. The highest BCUT2D eigenvalue weighted by molar-refractivity contribution is 5.83. The summed E-state index contributed by atoms with van der Waals surface area (Å²) in [4.78, 5) is 27.2. The van der Waals surface area contributed by atoms with Crippen molar-refractivity contribution in [2.24, 2.45) is 5.41 Å². The number of carbonyl (C=O) groups is 2. The molecular formula is C20H26N2O3. The Morgan fingerprint density at radius 2 is 1.92 bits per heavy atom. The molecule has 2 saturated heterocycles. The summed E-state index contributed by atoms with van der Waals surface area (Å²) in [6.07, 6.45) is 6.83. The Morgan fingerprint density at radius 3 is 2.48 bits per heavy atom. The molecule has 3 rings (SSSR count). The van der Waals surface area contributed by atoms with Crippen LogP contribution in [0.2, 0.25) is 0 Å². The second kappa shape index (κ2) is 7.40. The number of hydrogen-bond donors (Lipinski definition) is 1. The van der Waals surface area contributed by atoms with Gasteiger partial charge in [0.1, 0.15) is 6.04 Å². The third kappa shape index (κ3) is 4.10. The van der Waals surface area contributed by atoms with Crippen LogP contribution in [0.4, 0.5) is 0 Å².